The molecule has 0 aliphatic carbocycles. The highest BCUT2D eigenvalue weighted by Gasteiger charge is 2.24. The molecule has 1 aliphatic rings. The van der Waals surface area contributed by atoms with Crippen LogP contribution in [0.25, 0.3) is 6.08 Å². The fraction of sp³-hybridized carbons (Fsp3) is 0.0435. The number of cyclic esters (lactones) is 1. The molecule has 3 aromatic rings. The lowest BCUT2D eigenvalue weighted by Gasteiger charge is -2.08. The number of nitro benzene ring substituents is 1. The molecule has 0 amide bonds. The van der Waals surface area contributed by atoms with Gasteiger partial charge in [0.1, 0.15) is 11.5 Å². The van der Waals surface area contributed by atoms with Crippen molar-refractivity contribution in [2.75, 3.05) is 7.11 Å². The summed E-state index contributed by atoms with van der Waals surface area (Å²) < 4.78 is 15.9. The molecule has 31 heavy (non-hydrogen) atoms. The van der Waals surface area contributed by atoms with Gasteiger partial charge in [0, 0.05) is 11.6 Å². The van der Waals surface area contributed by atoms with Crippen LogP contribution in [0.5, 0.6) is 17.2 Å². The molecule has 0 aromatic heterocycles. The van der Waals surface area contributed by atoms with Gasteiger partial charge in [0.25, 0.3) is 0 Å². The fourth-order valence-electron chi connectivity index (χ4n) is 2.90. The molecule has 4 rings (SSSR count). The van der Waals surface area contributed by atoms with Crippen LogP contribution in [0.1, 0.15) is 11.1 Å². The Morgan fingerprint density at radius 1 is 1.00 bits per heavy atom. The van der Waals surface area contributed by atoms with E-state index in [1.165, 1.54) is 18.2 Å². The van der Waals surface area contributed by atoms with Crippen LogP contribution in [0.4, 0.5) is 5.69 Å². The summed E-state index contributed by atoms with van der Waals surface area (Å²) in [5.74, 6) is 0.694. The third-order valence-electron chi connectivity index (χ3n) is 4.41. The molecule has 1 aliphatic heterocycles. The maximum absolute atomic E-state index is 12.2. The van der Waals surface area contributed by atoms with E-state index in [-0.39, 0.29) is 23.0 Å². The maximum atomic E-state index is 12.2. The maximum Gasteiger partial charge on any atom is 0.363 e. The second-order valence-electron chi connectivity index (χ2n) is 6.46. The average molecular weight is 416 g/mol. The van der Waals surface area contributed by atoms with Gasteiger partial charge in [-0.15, -0.1) is 0 Å². The van der Waals surface area contributed by atoms with E-state index in [0.717, 1.165) is 0 Å². The van der Waals surface area contributed by atoms with E-state index < -0.39 is 10.9 Å². The SMILES string of the molecule is COc1ccc(Oc2ccc(C=C3N=C(c4ccccc4)OC3=O)cc2[N+](=O)[O-])cc1. The summed E-state index contributed by atoms with van der Waals surface area (Å²) >= 11 is 0. The van der Waals surface area contributed by atoms with Crippen LogP contribution in [0.3, 0.4) is 0 Å². The van der Waals surface area contributed by atoms with Crippen molar-refractivity contribution in [3.63, 3.8) is 0 Å². The van der Waals surface area contributed by atoms with Gasteiger partial charge in [-0.1, -0.05) is 24.3 Å². The topological polar surface area (TPSA) is 100 Å². The predicted molar refractivity (Wildman–Crippen MR) is 113 cm³/mol. The molecule has 3 aromatic carbocycles. The largest absolute Gasteiger partial charge is 0.497 e. The van der Waals surface area contributed by atoms with Gasteiger partial charge >= 0.3 is 11.7 Å². The molecule has 0 unspecified atom stereocenters. The molecule has 8 nitrogen and oxygen atoms in total. The predicted octanol–water partition coefficient (Wildman–Crippen LogP) is 4.74. The Morgan fingerprint density at radius 3 is 2.39 bits per heavy atom. The molecule has 0 fully saturated rings. The summed E-state index contributed by atoms with van der Waals surface area (Å²) in [5.41, 5.74) is 0.882. The standard InChI is InChI=1S/C23H16N2O6/c1-29-17-8-10-18(11-9-17)30-21-12-7-15(14-20(21)25(27)28)13-19-23(26)31-22(24-19)16-5-3-2-4-6-16/h2-14H,1H3. The summed E-state index contributed by atoms with van der Waals surface area (Å²) in [4.78, 5) is 27.4. The van der Waals surface area contributed by atoms with Crippen LogP contribution in [0, 0.1) is 10.1 Å². The normalized spacial score (nSPS) is 14.2. The number of esters is 1. The Kier molecular flexibility index (Phi) is 5.44. The highest BCUT2D eigenvalue weighted by Crippen LogP contribution is 2.33. The first-order valence-corrected chi connectivity index (χ1v) is 9.22. The van der Waals surface area contributed by atoms with Gasteiger partial charge in [-0.25, -0.2) is 9.79 Å². The summed E-state index contributed by atoms with van der Waals surface area (Å²) in [5, 5.41) is 11.6. The number of rotatable bonds is 6. The molecule has 0 bridgehead atoms. The van der Waals surface area contributed by atoms with Crippen LogP contribution >= 0.6 is 0 Å². The third kappa shape index (κ3) is 4.43. The van der Waals surface area contributed by atoms with Gasteiger partial charge in [-0.3, -0.25) is 10.1 Å². The van der Waals surface area contributed by atoms with Gasteiger partial charge < -0.3 is 14.2 Å². The number of carbonyl (C=O) groups is 1. The van der Waals surface area contributed by atoms with Crippen molar-refractivity contribution in [3.05, 3.63) is 99.7 Å². The van der Waals surface area contributed by atoms with Crippen molar-refractivity contribution in [1.29, 1.82) is 0 Å². The van der Waals surface area contributed by atoms with Gasteiger partial charge in [0.2, 0.25) is 11.6 Å². The number of nitro groups is 1. The van der Waals surface area contributed by atoms with Crippen molar-refractivity contribution in [3.8, 4) is 17.2 Å². The number of ether oxygens (including phenoxy) is 3. The lowest BCUT2D eigenvalue weighted by Crippen LogP contribution is -2.04. The quantitative estimate of drug-likeness (QED) is 0.249. The Balaban J connectivity index is 1.62. The van der Waals surface area contributed by atoms with Crippen LogP contribution in [-0.4, -0.2) is 23.9 Å². The van der Waals surface area contributed by atoms with E-state index in [2.05, 4.69) is 4.99 Å². The second-order valence-corrected chi connectivity index (χ2v) is 6.46. The number of carbonyl (C=O) groups excluding carboxylic acids is 1. The van der Waals surface area contributed by atoms with Crippen molar-refractivity contribution in [1.82, 2.24) is 0 Å². The number of hydrogen-bond acceptors (Lipinski definition) is 7. The van der Waals surface area contributed by atoms with Gasteiger partial charge in [0.05, 0.1) is 12.0 Å². The molecule has 0 atom stereocenters. The minimum Gasteiger partial charge on any atom is -0.497 e. The highest BCUT2D eigenvalue weighted by molar-refractivity contribution is 6.12. The third-order valence-corrected chi connectivity index (χ3v) is 4.41. The zero-order valence-electron chi connectivity index (χ0n) is 16.3. The fourth-order valence-corrected chi connectivity index (χ4v) is 2.90. The van der Waals surface area contributed by atoms with Crippen molar-refractivity contribution < 1.29 is 23.9 Å². The van der Waals surface area contributed by atoms with Gasteiger partial charge in [-0.2, -0.15) is 0 Å². The molecule has 1 heterocycles. The van der Waals surface area contributed by atoms with Crippen LogP contribution in [0.15, 0.2) is 83.5 Å². The Hall–Kier alpha value is -4.46. The molecule has 0 radical (unpaired) electrons. The smallest absolute Gasteiger partial charge is 0.363 e. The first-order chi connectivity index (χ1) is 15.0. The number of methoxy groups -OCH3 is 1. The number of hydrogen-bond donors (Lipinski definition) is 0. The highest BCUT2D eigenvalue weighted by atomic mass is 16.6. The number of aliphatic imine (C=N–C) groups is 1. The first-order valence-electron chi connectivity index (χ1n) is 9.22. The molecule has 8 heteroatoms. The van der Waals surface area contributed by atoms with Crippen LogP contribution in [-0.2, 0) is 9.53 Å². The Labute approximate surface area is 177 Å². The summed E-state index contributed by atoms with van der Waals surface area (Å²) in [6, 6.07) is 20.0. The minimum atomic E-state index is -0.625. The van der Waals surface area contributed by atoms with Crippen molar-refractivity contribution >= 4 is 23.6 Å². The molecule has 0 spiro atoms. The van der Waals surface area contributed by atoms with E-state index in [1.807, 2.05) is 6.07 Å². The van der Waals surface area contributed by atoms with E-state index in [4.69, 9.17) is 14.2 Å². The van der Waals surface area contributed by atoms with E-state index in [0.29, 0.717) is 22.6 Å². The monoisotopic (exact) mass is 416 g/mol. The van der Waals surface area contributed by atoms with Crippen LogP contribution < -0.4 is 9.47 Å². The zero-order valence-corrected chi connectivity index (χ0v) is 16.3. The molecular weight excluding hydrogens is 400 g/mol. The first kappa shape index (κ1) is 19.8. The van der Waals surface area contributed by atoms with Crippen LogP contribution in [0.2, 0.25) is 0 Å². The molecule has 0 N–H and O–H groups in total. The van der Waals surface area contributed by atoms with Crippen molar-refractivity contribution in [2.45, 2.75) is 0 Å². The molecule has 0 saturated heterocycles. The Morgan fingerprint density at radius 2 is 1.71 bits per heavy atom. The number of benzene rings is 3. The summed E-state index contributed by atoms with van der Waals surface area (Å²) in [7, 11) is 1.54. The van der Waals surface area contributed by atoms with E-state index in [9.17, 15) is 14.9 Å². The second kappa shape index (κ2) is 8.50. The lowest BCUT2D eigenvalue weighted by atomic mass is 10.1. The summed E-state index contributed by atoms with van der Waals surface area (Å²) in [6.07, 6.45) is 1.43. The molecule has 154 valence electrons. The minimum absolute atomic E-state index is 0.0528. The van der Waals surface area contributed by atoms with Gasteiger partial charge in [-0.05, 0) is 54.1 Å². The van der Waals surface area contributed by atoms with Crippen molar-refractivity contribution in [2.24, 2.45) is 4.99 Å². The van der Waals surface area contributed by atoms with E-state index >= 15 is 0 Å². The Bertz CT molecular complexity index is 1200. The molecular formula is C23H16N2O6. The molecule has 0 saturated carbocycles. The lowest BCUT2D eigenvalue weighted by molar-refractivity contribution is -0.385. The zero-order chi connectivity index (χ0) is 21.8. The van der Waals surface area contributed by atoms with E-state index in [1.54, 1.807) is 61.7 Å². The number of nitrogens with zero attached hydrogens (tertiary/aromatic N) is 2. The van der Waals surface area contributed by atoms with Gasteiger partial charge in [0.15, 0.2) is 5.70 Å². The summed E-state index contributed by atoms with van der Waals surface area (Å²) in [6.45, 7) is 0. The average Bonchev–Trinajstić information content (AvgIpc) is 3.16.